The quantitative estimate of drug-likeness (QED) is 0.444. The topological polar surface area (TPSA) is 26.3 Å². The molecule has 0 saturated heterocycles. The summed E-state index contributed by atoms with van der Waals surface area (Å²) in [6.45, 7) is 1.93. The molecule has 0 radical (unpaired) electrons. The number of halogens is 3. The average Bonchev–Trinajstić information content (AvgIpc) is 2.65. The number of esters is 1. The highest BCUT2D eigenvalue weighted by Crippen LogP contribution is 2.40. The van der Waals surface area contributed by atoms with E-state index >= 15 is 0 Å². The molecule has 3 rings (SSSR count). The van der Waals surface area contributed by atoms with Gasteiger partial charge < -0.3 is 4.74 Å². The van der Waals surface area contributed by atoms with Crippen LogP contribution in [-0.2, 0) is 11.2 Å². The minimum atomic E-state index is -0.823. The molecule has 148 valence electrons. The fraction of sp³-hybridized carbons (Fsp3) is 0.591. The Balaban J connectivity index is 1.55. The highest BCUT2D eigenvalue weighted by atomic mass is 19.1. The second-order valence-corrected chi connectivity index (χ2v) is 7.86. The summed E-state index contributed by atoms with van der Waals surface area (Å²) < 4.78 is 46.6. The van der Waals surface area contributed by atoms with Crippen molar-refractivity contribution < 1.29 is 22.7 Å². The first-order valence-corrected chi connectivity index (χ1v) is 10.0. The molecule has 1 aromatic carbocycles. The predicted molar refractivity (Wildman–Crippen MR) is 98.0 cm³/mol. The first kappa shape index (κ1) is 20.0. The molecule has 0 spiro atoms. The molecule has 1 atom stereocenters. The van der Waals surface area contributed by atoms with Gasteiger partial charge >= 0.3 is 5.97 Å². The molecule has 0 amide bonds. The summed E-state index contributed by atoms with van der Waals surface area (Å²) in [4.78, 5) is 12.4. The van der Waals surface area contributed by atoms with Crippen molar-refractivity contribution in [2.45, 2.75) is 64.7 Å². The molecule has 0 aliphatic heterocycles. The maximum absolute atomic E-state index is 14.1. The number of hydrogen-bond donors (Lipinski definition) is 0. The summed E-state index contributed by atoms with van der Waals surface area (Å²) in [7, 11) is 0. The van der Waals surface area contributed by atoms with E-state index in [9.17, 15) is 18.0 Å². The van der Waals surface area contributed by atoms with E-state index in [2.05, 4.69) is 0 Å². The zero-order valence-electron chi connectivity index (χ0n) is 15.8. The maximum atomic E-state index is 14.1. The van der Waals surface area contributed by atoms with Gasteiger partial charge in [0.05, 0.1) is 11.7 Å². The molecular weight excluding hydrogens is 353 g/mol. The SMILES string of the molecule is CCCc1cc(F)c(OC(=O)[C@H]2CC[C@H](C3CC=C(F)CC3)CC2)c(F)c1. The highest BCUT2D eigenvalue weighted by Gasteiger charge is 2.33. The van der Waals surface area contributed by atoms with E-state index in [1.54, 1.807) is 6.08 Å². The number of ether oxygens (including phenoxy) is 1. The molecule has 5 heteroatoms. The van der Waals surface area contributed by atoms with Crippen LogP contribution < -0.4 is 4.74 Å². The van der Waals surface area contributed by atoms with Crippen molar-refractivity contribution in [3.8, 4) is 5.75 Å². The number of benzene rings is 1. The van der Waals surface area contributed by atoms with E-state index in [0.29, 0.717) is 43.1 Å². The summed E-state index contributed by atoms with van der Waals surface area (Å²) >= 11 is 0. The third kappa shape index (κ3) is 4.94. The lowest BCUT2D eigenvalue weighted by molar-refractivity contribution is -0.140. The first-order valence-electron chi connectivity index (χ1n) is 10.0. The number of aryl methyl sites for hydroxylation is 1. The third-order valence-corrected chi connectivity index (χ3v) is 5.97. The fourth-order valence-corrected chi connectivity index (χ4v) is 4.40. The van der Waals surface area contributed by atoms with Crippen LogP contribution in [0.5, 0.6) is 5.75 Å². The molecule has 1 saturated carbocycles. The largest absolute Gasteiger partial charge is 0.420 e. The van der Waals surface area contributed by atoms with Gasteiger partial charge in [-0.05, 0) is 80.9 Å². The number of rotatable bonds is 5. The van der Waals surface area contributed by atoms with Gasteiger partial charge in [0.15, 0.2) is 11.6 Å². The molecule has 0 aromatic heterocycles. The lowest BCUT2D eigenvalue weighted by Crippen LogP contribution is -2.29. The third-order valence-electron chi connectivity index (χ3n) is 5.97. The number of carbonyl (C=O) groups excluding carboxylic acids is 1. The van der Waals surface area contributed by atoms with E-state index in [1.807, 2.05) is 6.92 Å². The van der Waals surface area contributed by atoms with Gasteiger partial charge in [-0.3, -0.25) is 4.79 Å². The van der Waals surface area contributed by atoms with E-state index in [4.69, 9.17) is 4.74 Å². The second kappa shape index (κ2) is 8.94. The van der Waals surface area contributed by atoms with E-state index in [1.165, 1.54) is 12.1 Å². The Labute approximate surface area is 158 Å². The number of allylic oxidation sites excluding steroid dienone is 2. The van der Waals surface area contributed by atoms with Gasteiger partial charge in [-0.1, -0.05) is 19.4 Å². The van der Waals surface area contributed by atoms with Crippen molar-refractivity contribution in [3.63, 3.8) is 0 Å². The number of carbonyl (C=O) groups is 1. The first-order chi connectivity index (χ1) is 13.0. The molecule has 2 aliphatic carbocycles. The zero-order valence-corrected chi connectivity index (χ0v) is 15.8. The molecule has 1 aromatic rings. The van der Waals surface area contributed by atoms with Crippen LogP contribution in [0.15, 0.2) is 24.0 Å². The molecule has 0 bridgehead atoms. The molecule has 27 heavy (non-hydrogen) atoms. The molecule has 0 heterocycles. The van der Waals surface area contributed by atoms with E-state index in [-0.39, 0.29) is 11.7 Å². The zero-order chi connectivity index (χ0) is 19.4. The summed E-state index contributed by atoms with van der Waals surface area (Å²) in [6.07, 6.45) is 8.25. The lowest BCUT2D eigenvalue weighted by atomic mass is 9.72. The van der Waals surface area contributed by atoms with Crippen LogP contribution in [0.1, 0.15) is 63.9 Å². The average molecular weight is 380 g/mol. The monoisotopic (exact) mass is 380 g/mol. The Morgan fingerprint density at radius 2 is 1.70 bits per heavy atom. The second-order valence-electron chi connectivity index (χ2n) is 7.86. The van der Waals surface area contributed by atoms with Crippen LogP contribution in [0, 0.1) is 29.4 Å². The van der Waals surface area contributed by atoms with Crippen LogP contribution in [0.4, 0.5) is 13.2 Å². The molecule has 1 fully saturated rings. The van der Waals surface area contributed by atoms with Crippen LogP contribution in [0.25, 0.3) is 0 Å². The Bertz CT molecular complexity index is 683. The van der Waals surface area contributed by atoms with Crippen LogP contribution in [0.2, 0.25) is 0 Å². The molecule has 2 aliphatic rings. The van der Waals surface area contributed by atoms with Crippen molar-refractivity contribution in [2.24, 2.45) is 17.8 Å². The van der Waals surface area contributed by atoms with Gasteiger partial charge in [-0.2, -0.15) is 0 Å². The Morgan fingerprint density at radius 1 is 1.04 bits per heavy atom. The van der Waals surface area contributed by atoms with E-state index < -0.39 is 23.4 Å². The van der Waals surface area contributed by atoms with Gasteiger partial charge in [0.25, 0.3) is 0 Å². The van der Waals surface area contributed by atoms with Crippen molar-refractivity contribution >= 4 is 5.97 Å². The summed E-state index contributed by atoms with van der Waals surface area (Å²) in [5.41, 5.74) is 0.561. The summed E-state index contributed by atoms with van der Waals surface area (Å²) in [5, 5.41) is 0. The maximum Gasteiger partial charge on any atom is 0.314 e. The van der Waals surface area contributed by atoms with Gasteiger partial charge in [-0.25, -0.2) is 13.2 Å². The van der Waals surface area contributed by atoms with Crippen molar-refractivity contribution in [1.82, 2.24) is 0 Å². The van der Waals surface area contributed by atoms with Crippen molar-refractivity contribution in [1.29, 1.82) is 0 Å². The minimum absolute atomic E-state index is 0.0162. The van der Waals surface area contributed by atoms with Gasteiger partial charge in [0, 0.05) is 0 Å². The van der Waals surface area contributed by atoms with Crippen LogP contribution in [0.3, 0.4) is 0 Å². The molecular formula is C22H27F3O2. The van der Waals surface area contributed by atoms with E-state index in [0.717, 1.165) is 32.1 Å². The molecule has 2 nitrogen and oxygen atoms in total. The molecule has 1 unspecified atom stereocenters. The smallest absolute Gasteiger partial charge is 0.314 e. The highest BCUT2D eigenvalue weighted by molar-refractivity contribution is 5.75. The fourth-order valence-electron chi connectivity index (χ4n) is 4.40. The van der Waals surface area contributed by atoms with Gasteiger partial charge in [0.1, 0.15) is 0 Å². The van der Waals surface area contributed by atoms with Crippen LogP contribution in [-0.4, -0.2) is 5.97 Å². The standard InChI is InChI=1S/C22H27F3O2/c1-2-3-14-12-19(24)21(20(25)13-14)27-22(26)17-6-4-15(5-7-17)16-8-10-18(23)11-9-16/h10,12-13,15-17H,2-9,11H2,1H3/t15-,16?,17-. The lowest BCUT2D eigenvalue weighted by Gasteiger charge is -2.34. The van der Waals surface area contributed by atoms with Gasteiger partial charge in [0.2, 0.25) is 5.75 Å². The van der Waals surface area contributed by atoms with Crippen LogP contribution >= 0.6 is 0 Å². The summed E-state index contributed by atoms with van der Waals surface area (Å²) in [6, 6.07) is 2.48. The molecule has 0 N–H and O–H groups in total. The Morgan fingerprint density at radius 3 is 2.26 bits per heavy atom. The number of hydrogen-bond acceptors (Lipinski definition) is 2. The van der Waals surface area contributed by atoms with Crippen molar-refractivity contribution in [3.05, 3.63) is 41.2 Å². The van der Waals surface area contributed by atoms with Gasteiger partial charge in [-0.15, -0.1) is 0 Å². The summed E-state index contributed by atoms with van der Waals surface area (Å²) in [5.74, 6) is -2.17. The minimum Gasteiger partial charge on any atom is -0.420 e. The predicted octanol–water partition coefficient (Wildman–Crippen LogP) is 6.28. The Kier molecular flexibility index (Phi) is 6.61. The van der Waals surface area contributed by atoms with Crippen molar-refractivity contribution in [2.75, 3.05) is 0 Å². The Hall–Kier alpha value is -1.78. The normalized spacial score (nSPS) is 25.8.